The predicted molar refractivity (Wildman–Crippen MR) is 73.0 cm³/mol. The molecule has 0 nitrogen and oxygen atoms in total. The van der Waals surface area contributed by atoms with E-state index >= 15 is 0 Å². The van der Waals surface area contributed by atoms with E-state index in [0.717, 1.165) is 0 Å². The molecule has 0 aromatic heterocycles. The van der Waals surface area contributed by atoms with Gasteiger partial charge < -0.3 is 0 Å². The van der Waals surface area contributed by atoms with E-state index in [1.54, 1.807) is 0 Å². The molecule has 0 heteroatoms. The third-order valence-electron chi connectivity index (χ3n) is 3.03. The SMILES string of the molecule is Cc1[c]ccc(-c2ccc3ccccc3c2)c1. The van der Waals surface area contributed by atoms with Gasteiger partial charge in [0, 0.05) is 0 Å². The van der Waals surface area contributed by atoms with Crippen LogP contribution in [0.5, 0.6) is 0 Å². The minimum absolute atomic E-state index is 1.18. The van der Waals surface area contributed by atoms with Crippen LogP contribution in [0.4, 0.5) is 0 Å². The molecule has 0 aliphatic heterocycles. The molecule has 0 amide bonds. The maximum absolute atomic E-state index is 3.18. The number of hydrogen-bond donors (Lipinski definition) is 0. The molecule has 3 aromatic rings. The number of hydrogen-bond acceptors (Lipinski definition) is 0. The zero-order chi connectivity index (χ0) is 11.7. The van der Waals surface area contributed by atoms with Crippen molar-refractivity contribution < 1.29 is 0 Å². The topological polar surface area (TPSA) is 0 Å². The Kier molecular flexibility index (Phi) is 2.41. The van der Waals surface area contributed by atoms with Crippen LogP contribution in [-0.4, -0.2) is 0 Å². The van der Waals surface area contributed by atoms with Crippen molar-refractivity contribution in [2.75, 3.05) is 0 Å². The van der Waals surface area contributed by atoms with E-state index in [9.17, 15) is 0 Å². The van der Waals surface area contributed by atoms with Crippen LogP contribution in [0.15, 0.2) is 60.7 Å². The maximum Gasteiger partial charge on any atom is -0.0152 e. The van der Waals surface area contributed by atoms with Gasteiger partial charge in [-0.2, -0.15) is 0 Å². The summed E-state index contributed by atoms with van der Waals surface area (Å²) in [5.41, 5.74) is 3.70. The van der Waals surface area contributed by atoms with Gasteiger partial charge in [-0.15, -0.1) is 0 Å². The molecule has 3 aromatic carbocycles. The van der Waals surface area contributed by atoms with Gasteiger partial charge in [0.2, 0.25) is 0 Å². The van der Waals surface area contributed by atoms with Crippen molar-refractivity contribution in [3.8, 4) is 11.1 Å². The lowest BCUT2D eigenvalue weighted by Gasteiger charge is -2.04. The molecular formula is C17H13. The van der Waals surface area contributed by atoms with Gasteiger partial charge in [-0.25, -0.2) is 0 Å². The van der Waals surface area contributed by atoms with E-state index in [-0.39, 0.29) is 0 Å². The first kappa shape index (κ1) is 10.1. The fourth-order valence-electron chi connectivity index (χ4n) is 2.13. The molecule has 1 radical (unpaired) electrons. The predicted octanol–water partition coefficient (Wildman–Crippen LogP) is 4.62. The van der Waals surface area contributed by atoms with Crippen LogP contribution in [0.2, 0.25) is 0 Å². The summed E-state index contributed by atoms with van der Waals surface area (Å²) < 4.78 is 0. The number of aryl methyl sites for hydroxylation is 1. The Balaban J connectivity index is 2.18. The van der Waals surface area contributed by atoms with Crippen molar-refractivity contribution in [1.29, 1.82) is 0 Å². The average Bonchev–Trinajstić information content (AvgIpc) is 2.38. The first-order valence-corrected chi connectivity index (χ1v) is 5.80. The van der Waals surface area contributed by atoms with Gasteiger partial charge in [0.25, 0.3) is 0 Å². The van der Waals surface area contributed by atoms with E-state index < -0.39 is 0 Å². The van der Waals surface area contributed by atoms with E-state index in [0.29, 0.717) is 0 Å². The van der Waals surface area contributed by atoms with Crippen LogP contribution in [0.25, 0.3) is 21.9 Å². The Labute approximate surface area is 102 Å². The van der Waals surface area contributed by atoms with Gasteiger partial charge in [-0.3, -0.25) is 0 Å². The van der Waals surface area contributed by atoms with E-state index in [1.807, 2.05) is 6.07 Å². The lowest BCUT2D eigenvalue weighted by molar-refractivity contribution is 1.46. The molecule has 0 unspecified atom stereocenters. The van der Waals surface area contributed by atoms with Gasteiger partial charge in [0.05, 0.1) is 0 Å². The Hall–Kier alpha value is -2.08. The molecule has 0 aliphatic rings. The first-order valence-electron chi connectivity index (χ1n) is 5.80. The number of benzene rings is 3. The largest absolute Gasteiger partial charge is 0.0616 e. The van der Waals surface area contributed by atoms with Gasteiger partial charge in [-0.1, -0.05) is 54.6 Å². The summed E-state index contributed by atoms with van der Waals surface area (Å²) in [6.45, 7) is 2.07. The van der Waals surface area contributed by atoms with E-state index in [1.165, 1.54) is 27.5 Å². The minimum Gasteiger partial charge on any atom is -0.0616 e. The fraction of sp³-hybridized carbons (Fsp3) is 0.0588. The van der Waals surface area contributed by atoms with Gasteiger partial charge in [-0.05, 0) is 46.5 Å². The first-order chi connectivity index (χ1) is 8.33. The molecule has 0 fully saturated rings. The lowest BCUT2D eigenvalue weighted by atomic mass is 10.0. The molecule has 0 spiro atoms. The van der Waals surface area contributed by atoms with Crippen molar-refractivity contribution >= 4 is 10.8 Å². The van der Waals surface area contributed by atoms with Crippen LogP contribution in [0.3, 0.4) is 0 Å². The Bertz CT molecular complexity index is 665. The molecule has 0 N–H and O–H groups in total. The zero-order valence-electron chi connectivity index (χ0n) is 9.77. The highest BCUT2D eigenvalue weighted by atomic mass is 14.0. The number of fused-ring (bicyclic) bond motifs is 1. The summed E-state index contributed by atoms with van der Waals surface area (Å²) >= 11 is 0. The van der Waals surface area contributed by atoms with Gasteiger partial charge in [0.15, 0.2) is 0 Å². The summed E-state index contributed by atoms with van der Waals surface area (Å²) in [6, 6.07) is 24.5. The Morgan fingerprint density at radius 3 is 2.35 bits per heavy atom. The van der Waals surface area contributed by atoms with Crippen molar-refractivity contribution in [2.24, 2.45) is 0 Å². The number of rotatable bonds is 1. The molecule has 0 heterocycles. The smallest absolute Gasteiger partial charge is 0.0152 e. The van der Waals surface area contributed by atoms with Crippen LogP contribution in [-0.2, 0) is 0 Å². The van der Waals surface area contributed by atoms with Gasteiger partial charge in [0.1, 0.15) is 0 Å². The minimum atomic E-state index is 1.18. The molecule has 0 bridgehead atoms. The second kappa shape index (κ2) is 4.06. The second-order valence-electron chi connectivity index (χ2n) is 4.32. The standard InChI is InChI=1S/C17H13/c1-13-5-4-8-15(11-13)17-10-9-14-6-2-3-7-16(14)12-17/h2-4,6-12H,1H3. The Morgan fingerprint density at radius 1 is 0.765 bits per heavy atom. The second-order valence-corrected chi connectivity index (χ2v) is 4.32. The molecular weight excluding hydrogens is 204 g/mol. The highest BCUT2D eigenvalue weighted by Crippen LogP contribution is 2.24. The summed E-state index contributed by atoms with van der Waals surface area (Å²) in [6.07, 6.45) is 0. The molecule has 0 saturated heterocycles. The monoisotopic (exact) mass is 217 g/mol. The fourth-order valence-corrected chi connectivity index (χ4v) is 2.13. The van der Waals surface area contributed by atoms with Crippen molar-refractivity contribution in [1.82, 2.24) is 0 Å². The van der Waals surface area contributed by atoms with Crippen LogP contribution >= 0.6 is 0 Å². The van der Waals surface area contributed by atoms with Crippen molar-refractivity contribution in [2.45, 2.75) is 6.92 Å². The molecule has 81 valence electrons. The van der Waals surface area contributed by atoms with Gasteiger partial charge >= 0.3 is 0 Å². The van der Waals surface area contributed by atoms with Crippen LogP contribution in [0, 0.1) is 13.0 Å². The van der Waals surface area contributed by atoms with Crippen molar-refractivity contribution in [3.05, 3.63) is 72.3 Å². The molecule has 17 heavy (non-hydrogen) atoms. The third kappa shape index (κ3) is 1.94. The summed E-state index contributed by atoms with van der Waals surface area (Å²) in [5, 5.41) is 2.57. The third-order valence-corrected chi connectivity index (χ3v) is 3.03. The summed E-state index contributed by atoms with van der Waals surface area (Å²) in [7, 11) is 0. The Morgan fingerprint density at radius 2 is 1.53 bits per heavy atom. The van der Waals surface area contributed by atoms with Crippen LogP contribution in [0.1, 0.15) is 5.56 Å². The quantitative estimate of drug-likeness (QED) is 0.558. The molecule has 0 atom stereocenters. The van der Waals surface area contributed by atoms with Crippen LogP contribution < -0.4 is 0 Å². The molecule has 3 rings (SSSR count). The maximum atomic E-state index is 3.18. The van der Waals surface area contributed by atoms with E-state index in [4.69, 9.17) is 0 Å². The highest BCUT2D eigenvalue weighted by molar-refractivity contribution is 5.87. The molecule has 0 saturated carbocycles. The molecule has 0 aliphatic carbocycles. The summed E-state index contributed by atoms with van der Waals surface area (Å²) in [5.74, 6) is 0. The average molecular weight is 217 g/mol. The summed E-state index contributed by atoms with van der Waals surface area (Å²) in [4.78, 5) is 0. The van der Waals surface area contributed by atoms with Crippen molar-refractivity contribution in [3.63, 3.8) is 0 Å². The highest BCUT2D eigenvalue weighted by Gasteiger charge is 1.99. The normalized spacial score (nSPS) is 10.6. The zero-order valence-corrected chi connectivity index (χ0v) is 9.77. The lowest BCUT2D eigenvalue weighted by Crippen LogP contribution is -1.80. The van der Waals surface area contributed by atoms with E-state index in [2.05, 4.69) is 67.6 Å².